The van der Waals surface area contributed by atoms with E-state index >= 15 is 0 Å². The van der Waals surface area contributed by atoms with Crippen molar-refractivity contribution in [3.05, 3.63) is 0 Å². The van der Waals surface area contributed by atoms with Gasteiger partial charge in [-0.05, 0) is 0 Å². The predicted octanol–water partition coefficient (Wildman–Crippen LogP) is -2.04. The van der Waals surface area contributed by atoms with E-state index in [-0.39, 0.29) is 0 Å². The van der Waals surface area contributed by atoms with Crippen LogP contribution in [0.5, 0.6) is 0 Å². The van der Waals surface area contributed by atoms with Crippen LogP contribution in [0, 0.1) is 0 Å². The van der Waals surface area contributed by atoms with Gasteiger partial charge < -0.3 is 0 Å². The van der Waals surface area contributed by atoms with E-state index in [4.69, 9.17) is 0 Å². The predicted molar refractivity (Wildman–Crippen MR) is 20.3 cm³/mol. The molecule has 5 heavy (non-hydrogen) atoms. The van der Waals surface area contributed by atoms with Gasteiger partial charge in [0.05, 0.1) is 0 Å². The molecule has 0 atom stereocenters. The monoisotopic (exact) mass is 108 g/mol. The van der Waals surface area contributed by atoms with Gasteiger partial charge in [-0.15, -0.1) is 0 Å². The van der Waals surface area contributed by atoms with Gasteiger partial charge in [0, 0.05) is 0 Å². The second kappa shape index (κ2) is 4.31. The van der Waals surface area contributed by atoms with Crippen LogP contribution in [0.15, 0.2) is 0 Å². The topological polar surface area (TPSA) is 27.7 Å². The summed E-state index contributed by atoms with van der Waals surface area (Å²) in [5.74, 6) is 0. The fourth-order valence-corrected chi connectivity index (χ4v) is 0.306. The molecule has 0 unspecified atom stereocenters. The molecule has 0 aromatic rings. The molecular formula is H4O3Si2. The lowest BCUT2D eigenvalue weighted by Crippen LogP contribution is -1.86. The maximum Gasteiger partial charge on any atom is 0.229 e. The van der Waals surface area contributed by atoms with Crippen LogP contribution >= 0.6 is 0 Å². The first-order valence-corrected chi connectivity index (χ1v) is 2.07. The summed E-state index contributed by atoms with van der Waals surface area (Å²) in [6.45, 7) is 0. The molecule has 0 aliphatic rings. The van der Waals surface area contributed by atoms with E-state index in [1.54, 1.807) is 0 Å². The minimum atomic E-state index is 1.21. The molecule has 3 nitrogen and oxygen atoms in total. The van der Waals surface area contributed by atoms with Gasteiger partial charge in [-0.1, -0.05) is 5.04 Å². The standard InChI is InChI=1S/H4O3Si2/c4-2-1-3-5/h4-5H2. The van der Waals surface area contributed by atoms with Crippen LogP contribution in [-0.4, -0.2) is 21.0 Å². The summed E-state index contributed by atoms with van der Waals surface area (Å²) in [7, 11) is 2.41. The highest BCUT2D eigenvalue weighted by atomic mass is 28.2. The first-order valence-electron chi connectivity index (χ1n) is 0.911. The highest BCUT2D eigenvalue weighted by Gasteiger charge is 1.62. The summed E-state index contributed by atoms with van der Waals surface area (Å²) in [4.78, 5) is 0. The summed E-state index contributed by atoms with van der Waals surface area (Å²) in [6.07, 6.45) is 0. The number of rotatable bonds is 2. The molecule has 0 aliphatic carbocycles. The molecule has 0 N–H and O–H groups in total. The van der Waals surface area contributed by atoms with E-state index in [0.717, 1.165) is 0 Å². The second-order valence-corrected chi connectivity index (χ2v) is 0.775. The first-order chi connectivity index (χ1) is 2.41. The lowest BCUT2D eigenvalue weighted by molar-refractivity contribution is -0.412. The van der Waals surface area contributed by atoms with Crippen molar-refractivity contribution >= 4 is 21.0 Å². The summed E-state index contributed by atoms with van der Waals surface area (Å²) < 4.78 is 8.01. The summed E-state index contributed by atoms with van der Waals surface area (Å²) >= 11 is 0. The summed E-state index contributed by atoms with van der Waals surface area (Å²) in [6, 6.07) is 0. The fourth-order valence-electron chi connectivity index (χ4n) is 0.0340. The third-order valence-corrected chi connectivity index (χ3v) is 0.289. The molecule has 0 aromatic heterocycles. The Morgan fingerprint density at radius 3 is 1.40 bits per heavy atom. The molecule has 0 rings (SSSR count). The molecule has 0 fully saturated rings. The van der Waals surface area contributed by atoms with Gasteiger partial charge in [0.25, 0.3) is 0 Å². The third kappa shape index (κ3) is 4.31. The molecule has 0 amide bonds. The Bertz CT molecular complexity index is 12.4. The maximum absolute atomic E-state index is 4.00. The van der Waals surface area contributed by atoms with E-state index < -0.39 is 0 Å². The summed E-state index contributed by atoms with van der Waals surface area (Å²) in [5, 5.41) is 3.86. The molecule has 0 spiro atoms. The van der Waals surface area contributed by atoms with Crippen molar-refractivity contribution in [2.24, 2.45) is 0 Å². The van der Waals surface area contributed by atoms with Gasteiger partial charge in [0.2, 0.25) is 21.0 Å². The van der Waals surface area contributed by atoms with Crippen LogP contribution in [-0.2, 0) is 14.2 Å². The first kappa shape index (κ1) is 5.31. The molecule has 5 heteroatoms. The van der Waals surface area contributed by atoms with E-state index in [2.05, 4.69) is 14.2 Å². The number of hydrogen-bond donors (Lipinski definition) is 0. The van der Waals surface area contributed by atoms with Crippen molar-refractivity contribution in [1.82, 2.24) is 0 Å². The Morgan fingerprint density at radius 2 is 1.40 bits per heavy atom. The minimum Gasteiger partial charge on any atom is -0.267 e. The van der Waals surface area contributed by atoms with Crippen molar-refractivity contribution < 1.29 is 14.2 Å². The van der Waals surface area contributed by atoms with Crippen molar-refractivity contribution in [3.63, 3.8) is 0 Å². The molecule has 0 saturated carbocycles. The quantitative estimate of drug-likeness (QED) is 0.232. The zero-order valence-electron chi connectivity index (χ0n) is 2.64. The van der Waals surface area contributed by atoms with E-state index in [0.29, 0.717) is 0 Å². The molecular weight excluding hydrogens is 104 g/mol. The van der Waals surface area contributed by atoms with Crippen LogP contribution in [0.2, 0.25) is 0 Å². The zero-order valence-corrected chi connectivity index (χ0v) is 5.47. The highest BCUT2D eigenvalue weighted by molar-refractivity contribution is 5.98. The van der Waals surface area contributed by atoms with Crippen molar-refractivity contribution in [1.29, 1.82) is 0 Å². The maximum atomic E-state index is 4.00. The molecule has 30 valence electrons. The van der Waals surface area contributed by atoms with Crippen LogP contribution < -0.4 is 0 Å². The Labute approximate surface area is 36.2 Å². The Kier molecular flexibility index (Phi) is 4.58. The third-order valence-electron chi connectivity index (χ3n) is 0.0962. The minimum absolute atomic E-state index is 1.21. The van der Waals surface area contributed by atoms with Crippen LogP contribution in [0.1, 0.15) is 0 Å². The molecule has 0 bridgehead atoms. The van der Waals surface area contributed by atoms with E-state index in [1.807, 2.05) is 0 Å². The molecule has 2 radical (unpaired) electrons. The van der Waals surface area contributed by atoms with Gasteiger partial charge in [-0.3, -0.25) is 9.15 Å². The fraction of sp³-hybridized carbons (Fsp3) is 0. The van der Waals surface area contributed by atoms with Crippen molar-refractivity contribution in [2.45, 2.75) is 0 Å². The molecule has 0 aromatic carbocycles. The average molecular weight is 108 g/mol. The van der Waals surface area contributed by atoms with Crippen molar-refractivity contribution in [2.75, 3.05) is 0 Å². The molecule has 0 heterocycles. The lowest BCUT2D eigenvalue weighted by atomic mass is 14.5. The van der Waals surface area contributed by atoms with Crippen LogP contribution in [0.25, 0.3) is 0 Å². The molecule has 0 saturated heterocycles. The zero-order chi connectivity index (χ0) is 4.12. The van der Waals surface area contributed by atoms with Gasteiger partial charge in [0.15, 0.2) is 0 Å². The Hall–Kier alpha value is 0.314. The smallest absolute Gasteiger partial charge is 0.229 e. The molecule has 0 aliphatic heterocycles. The Morgan fingerprint density at radius 1 is 1.00 bits per heavy atom. The van der Waals surface area contributed by atoms with Crippen molar-refractivity contribution in [3.8, 4) is 0 Å². The van der Waals surface area contributed by atoms with Crippen LogP contribution in [0.4, 0.5) is 0 Å². The van der Waals surface area contributed by atoms with Gasteiger partial charge >= 0.3 is 0 Å². The van der Waals surface area contributed by atoms with E-state index in [9.17, 15) is 0 Å². The number of hydrogen-bond acceptors (Lipinski definition) is 3. The van der Waals surface area contributed by atoms with Gasteiger partial charge in [0.1, 0.15) is 0 Å². The second-order valence-electron chi connectivity index (χ2n) is 0.304. The van der Waals surface area contributed by atoms with E-state index in [1.165, 1.54) is 21.0 Å². The average Bonchev–Trinajstić information content (AvgIpc) is 1.41. The SMILES string of the molecule is [SiH2]OOO[SiH2]. The largest absolute Gasteiger partial charge is 0.267 e. The highest BCUT2D eigenvalue weighted by Crippen LogP contribution is 1.62. The van der Waals surface area contributed by atoms with Gasteiger partial charge in [-0.25, -0.2) is 0 Å². The summed E-state index contributed by atoms with van der Waals surface area (Å²) in [5.41, 5.74) is 0. The normalized spacial score (nSPS) is 8.40. The van der Waals surface area contributed by atoms with Crippen LogP contribution in [0.3, 0.4) is 0 Å². The Balaban J connectivity index is 2.19. The van der Waals surface area contributed by atoms with Gasteiger partial charge in [-0.2, -0.15) is 0 Å². The lowest BCUT2D eigenvalue weighted by Gasteiger charge is -1.87.